The number of carboxylic acid groups (broad SMARTS) is 1. The molecule has 5 nitrogen and oxygen atoms in total. The summed E-state index contributed by atoms with van der Waals surface area (Å²) in [5.74, 6) is -2.29. The summed E-state index contributed by atoms with van der Waals surface area (Å²) in [6, 6.07) is 7.38. The van der Waals surface area contributed by atoms with Crippen LogP contribution in [0.1, 0.15) is 25.3 Å². The summed E-state index contributed by atoms with van der Waals surface area (Å²) in [7, 11) is 1.61. The molecule has 2 bridgehead atoms. The van der Waals surface area contributed by atoms with Crippen LogP contribution in [0.25, 0.3) is 0 Å². The van der Waals surface area contributed by atoms with Crippen LogP contribution in [-0.2, 0) is 9.59 Å². The lowest BCUT2D eigenvalue weighted by molar-refractivity contribution is -0.188. The Balaban J connectivity index is 2.24. The lowest BCUT2D eigenvalue weighted by Crippen LogP contribution is -2.66. The third-order valence-electron chi connectivity index (χ3n) is 4.87. The molecule has 1 amide bonds. The van der Waals surface area contributed by atoms with Crippen molar-refractivity contribution in [2.75, 3.05) is 7.05 Å². The van der Waals surface area contributed by atoms with Gasteiger partial charge in [-0.3, -0.25) is 9.59 Å². The molecule has 1 saturated heterocycles. The molecule has 0 saturated carbocycles. The Morgan fingerprint density at radius 3 is 2.70 bits per heavy atom. The Bertz CT molecular complexity index is 599. The zero-order valence-corrected chi connectivity index (χ0v) is 11.7. The zero-order valence-electron chi connectivity index (χ0n) is 11.7. The first-order chi connectivity index (χ1) is 9.38. The minimum Gasteiger partial charge on any atom is -0.481 e. The first-order valence-electron chi connectivity index (χ1n) is 6.66. The predicted molar refractivity (Wildman–Crippen MR) is 71.3 cm³/mol. The molecule has 0 radical (unpaired) electrons. The van der Waals surface area contributed by atoms with Gasteiger partial charge < -0.3 is 14.7 Å². The average Bonchev–Trinajstić information content (AvgIpc) is 2.40. The standard InChI is InChI=1S/C15H17NO4/c1-8-11-9-6-4-5-7-10(9)20-15(8,2)16(3)13(17)12(11)14(18)19/h4-8,11-12H,1-3H3,(H,18,19)/t8-,11+,12+,15-/m1/s1. The van der Waals surface area contributed by atoms with E-state index >= 15 is 0 Å². The molecule has 106 valence electrons. The summed E-state index contributed by atoms with van der Waals surface area (Å²) >= 11 is 0. The van der Waals surface area contributed by atoms with Crippen LogP contribution in [0.5, 0.6) is 5.75 Å². The van der Waals surface area contributed by atoms with Gasteiger partial charge in [0.1, 0.15) is 11.7 Å². The van der Waals surface area contributed by atoms with Crippen molar-refractivity contribution in [3.05, 3.63) is 29.8 Å². The van der Waals surface area contributed by atoms with Gasteiger partial charge in [0.2, 0.25) is 5.91 Å². The van der Waals surface area contributed by atoms with E-state index in [1.165, 1.54) is 4.90 Å². The van der Waals surface area contributed by atoms with Crippen molar-refractivity contribution in [1.29, 1.82) is 0 Å². The molecule has 1 fully saturated rings. The molecule has 5 heteroatoms. The molecule has 2 aliphatic rings. The number of hydrogen-bond donors (Lipinski definition) is 1. The van der Waals surface area contributed by atoms with E-state index in [0.29, 0.717) is 5.75 Å². The molecule has 1 aromatic carbocycles. The number of fused-ring (bicyclic) bond motifs is 4. The topological polar surface area (TPSA) is 66.8 Å². The highest BCUT2D eigenvalue weighted by Gasteiger charge is 2.59. The van der Waals surface area contributed by atoms with E-state index in [1.807, 2.05) is 38.1 Å². The molecule has 0 unspecified atom stereocenters. The summed E-state index contributed by atoms with van der Waals surface area (Å²) in [4.78, 5) is 25.4. The van der Waals surface area contributed by atoms with Crippen molar-refractivity contribution >= 4 is 11.9 Å². The summed E-state index contributed by atoms with van der Waals surface area (Å²) < 4.78 is 6.03. The van der Waals surface area contributed by atoms with E-state index in [1.54, 1.807) is 7.05 Å². The molecule has 1 aromatic rings. The number of carbonyl (C=O) groups excluding carboxylic acids is 1. The smallest absolute Gasteiger partial charge is 0.316 e. The summed E-state index contributed by atoms with van der Waals surface area (Å²) in [6.45, 7) is 3.79. The van der Waals surface area contributed by atoms with Crippen molar-refractivity contribution in [3.8, 4) is 5.75 Å². The third kappa shape index (κ3) is 1.43. The first-order valence-corrected chi connectivity index (χ1v) is 6.66. The van der Waals surface area contributed by atoms with Gasteiger partial charge in [-0.05, 0) is 18.6 Å². The van der Waals surface area contributed by atoms with Crippen molar-refractivity contribution < 1.29 is 19.4 Å². The number of aliphatic carboxylic acids is 1. The number of amides is 1. The van der Waals surface area contributed by atoms with Crippen LogP contribution in [-0.4, -0.2) is 34.7 Å². The van der Waals surface area contributed by atoms with Crippen molar-refractivity contribution in [3.63, 3.8) is 0 Å². The average molecular weight is 275 g/mol. The lowest BCUT2D eigenvalue weighted by Gasteiger charge is -2.55. The second kappa shape index (κ2) is 3.98. The van der Waals surface area contributed by atoms with Crippen LogP contribution in [0.3, 0.4) is 0 Å². The van der Waals surface area contributed by atoms with Gasteiger partial charge in [-0.2, -0.15) is 0 Å². The number of carboxylic acids is 1. The zero-order chi connectivity index (χ0) is 14.7. The number of nitrogens with zero attached hydrogens (tertiary/aromatic N) is 1. The highest BCUT2D eigenvalue weighted by Crippen LogP contribution is 2.52. The SMILES string of the molecule is C[C@@H]1[C@H]2c3ccccc3O[C@@]1(C)N(C)C(=O)[C@H]2C(=O)O. The van der Waals surface area contributed by atoms with Gasteiger partial charge in [0, 0.05) is 18.9 Å². The molecule has 4 atom stereocenters. The Morgan fingerprint density at radius 1 is 1.40 bits per heavy atom. The van der Waals surface area contributed by atoms with Gasteiger partial charge in [-0.25, -0.2) is 0 Å². The molecule has 3 rings (SSSR count). The first kappa shape index (κ1) is 13.0. The van der Waals surface area contributed by atoms with Gasteiger partial charge in [-0.1, -0.05) is 25.1 Å². The Morgan fingerprint density at radius 2 is 2.05 bits per heavy atom. The number of ether oxygens (including phenoxy) is 1. The number of para-hydroxylation sites is 1. The van der Waals surface area contributed by atoms with Gasteiger partial charge in [0.25, 0.3) is 0 Å². The molecule has 1 N–H and O–H groups in total. The number of piperidine rings is 1. The second-order valence-electron chi connectivity index (χ2n) is 5.72. The highest BCUT2D eigenvalue weighted by atomic mass is 16.5. The van der Waals surface area contributed by atoms with Crippen LogP contribution in [0, 0.1) is 11.8 Å². The Labute approximate surface area is 117 Å². The molecule has 2 aliphatic heterocycles. The van der Waals surface area contributed by atoms with Crippen LogP contribution in [0.15, 0.2) is 24.3 Å². The van der Waals surface area contributed by atoms with E-state index in [0.717, 1.165) is 5.56 Å². The summed E-state index contributed by atoms with van der Waals surface area (Å²) in [5.41, 5.74) is 0.00789. The highest BCUT2D eigenvalue weighted by molar-refractivity contribution is 5.99. The van der Waals surface area contributed by atoms with E-state index in [-0.39, 0.29) is 11.8 Å². The fourth-order valence-corrected chi connectivity index (χ4v) is 3.45. The molecular formula is C15H17NO4. The van der Waals surface area contributed by atoms with Crippen molar-refractivity contribution in [2.24, 2.45) is 11.8 Å². The number of rotatable bonds is 1. The van der Waals surface area contributed by atoms with Crippen molar-refractivity contribution in [2.45, 2.75) is 25.5 Å². The number of hydrogen-bond acceptors (Lipinski definition) is 3. The lowest BCUT2D eigenvalue weighted by atomic mass is 9.67. The number of benzene rings is 1. The molecule has 0 spiro atoms. The van der Waals surface area contributed by atoms with E-state index in [2.05, 4.69) is 0 Å². The normalized spacial score (nSPS) is 35.2. The van der Waals surface area contributed by atoms with Crippen LogP contribution < -0.4 is 4.74 Å². The van der Waals surface area contributed by atoms with Gasteiger partial charge >= 0.3 is 5.97 Å². The minimum atomic E-state index is -1.07. The molecule has 2 heterocycles. The quantitative estimate of drug-likeness (QED) is 0.792. The molecular weight excluding hydrogens is 258 g/mol. The van der Waals surface area contributed by atoms with Gasteiger partial charge in [0.05, 0.1) is 0 Å². The molecule has 20 heavy (non-hydrogen) atoms. The van der Waals surface area contributed by atoms with Gasteiger partial charge in [0.15, 0.2) is 5.72 Å². The minimum absolute atomic E-state index is 0.0961. The fraction of sp³-hybridized carbons (Fsp3) is 0.467. The maximum Gasteiger partial charge on any atom is 0.316 e. The van der Waals surface area contributed by atoms with Crippen LogP contribution in [0.4, 0.5) is 0 Å². The third-order valence-corrected chi connectivity index (χ3v) is 4.87. The fourth-order valence-electron chi connectivity index (χ4n) is 3.45. The van der Waals surface area contributed by atoms with Gasteiger partial charge in [-0.15, -0.1) is 0 Å². The van der Waals surface area contributed by atoms with Crippen molar-refractivity contribution in [1.82, 2.24) is 4.90 Å². The van der Waals surface area contributed by atoms with E-state index in [9.17, 15) is 14.7 Å². The van der Waals surface area contributed by atoms with Crippen LogP contribution >= 0.6 is 0 Å². The maximum absolute atomic E-state index is 12.4. The second-order valence-corrected chi connectivity index (χ2v) is 5.72. The van der Waals surface area contributed by atoms with E-state index in [4.69, 9.17) is 4.74 Å². The largest absolute Gasteiger partial charge is 0.481 e. The number of likely N-dealkylation sites (tertiary alicyclic amines) is 1. The maximum atomic E-state index is 12.4. The Kier molecular flexibility index (Phi) is 2.58. The summed E-state index contributed by atoms with van der Waals surface area (Å²) in [6.07, 6.45) is 0. The van der Waals surface area contributed by atoms with Crippen LogP contribution in [0.2, 0.25) is 0 Å². The molecule has 0 aromatic heterocycles. The predicted octanol–water partition coefficient (Wildman–Crippen LogP) is 1.69. The Hall–Kier alpha value is -2.04. The summed E-state index contributed by atoms with van der Waals surface area (Å²) in [5, 5.41) is 9.48. The van der Waals surface area contributed by atoms with E-state index < -0.39 is 23.5 Å². The number of carbonyl (C=O) groups is 2. The monoisotopic (exact) mass is 275 g/mol. The molecule has 0 aliphatic carbocycles.